The van der Waals surface area contributed by atoms with E-state index in [4.69, 9.17) is 19.3 Å². The monoisotopic (exact) mass is 317 g/mol. The Balaban J connectivity index is 2.16. The third-order valence-electron chi connectivity index (χ3n) is 3.36. The van der Waals surface area contributed by atoms with Crippen LogP contribution in [0.25, 0.3) is 0 Å². The lowest BCUT2D eigenvalue weighted by Gasteiger charge is -2.16. The van der Waals surface area contributed by atoms with E-state index in [0.717, 1.165) is 11.1 Å². The zero-order valence-corrected chi connectivity index (χ0v) is 13.5. The molecule has 0 fully saturated rings. The van der Waals surface area contributed by atoms with Gasteiger partial charge in [0.15, 0.2) is 11.5 Å². The van der Waals surface area contributed by atoms with Crippen LogP contribution in [0.4, 0.5) is 0 Å². The van der Waals surface area contributed by atoms with E-state index in [1.54, 1.807) is 14.2 Å². The lowest BCUT2D eigenvalue weighted by Crippen LogP contribution is -2.17. The van der Waals surface area contributed by atoms with Crippen LogP contribution >= 0.6 is 0 Å². The molecule has 2 aromatic rings. The Morgan fingerprint density at radius 2 is 1.61 bits per heavy atom. The second-order valence-electron chi connectivity index (χ2n) is 5.00. The summed E-state index contributed by atoms with van der Waals surface area (Å²) in [5.41, 5.74) is 2.07. The number of hydrogen-bond acceptors (Lipinski definition) is 5. The fourth-order valence-corrected chi connectivity index (χ4v) is 2.22. The molecular formula is C18H23NO4. The molecule has 124 valence electrons. The number of hydrogen-bond donors (Lipinski definition) is 2. The summed E-state index contributed by atoms with van der Waals surface area (Å²) >= 11 is 0. The molecule has 0 aliphatic carbocycles. The molecule has 2 N–H and O–H groups in total. The van der Waals surface area contributed by atoms with Gasteiger partial charge in [0, 0.05) is 13.1 Å². The van der Waals surface area contributed by atoms with Crippen molar-refractivity contribution in [2.75, 3.05) is 27.4 Å². The normalized spacial score (nSPS) is 10.4. The zero-order chi connectivity index (χ0) is 16.5. The number of ether oxygens (including phenoxy) is 3. The predicted molar refractivity (Wildman–Crippen MR) is 89.1 cm³/mol. The third-order valence-corrected chi connectivity index (χ3v) is 3.36. The van der Waals surface area contributed by atoms with Crippen LogP contribution in [0.1, 0.15) is 11.1 Å². The van der Waals surface area contributed by atoms with E-state index in [9.17, 15) is 0 Å². The predicted octanol–water partition coefficient (Wildman–Crippen LogP) is 2.36. The molecule has 0 amide bonds. The summed E-state index contributed by atoms with van der Waals surface area (Å²) in [6, 6.07) is 13.8. The van der Waals surface area contributed by atoms with Crippen LogP contribution in [0.15, 0.2) is 42.5 Å². The Bertz CT molecular complexity index is 576. The summed E-state index contributed by atoms with van der Waals surface area (Å²) in [6.45, 7) is 1.70. The van der Waals surface area contributed by atoms with Crippen molar-refractivity contribution in [3.63, 3.8) is 0 Å². The molecular weight excluding hydrogens is 294 g/mol. The van der Waals surface area contributed by atoms with E-state index in [1.807, 2.05) is 42.5 Å². The standard InChI is InChI=1S/C18H23NO4/c1-21-16-10-15(12-19-8-9-20)11-17(22-2)18(16)23-13-14-6-4-3-5-7-14/h3-7,10-11,19-20H,8-9,12-13H2,1-2H3. The number of aliphatic hydroxyl groups excluding tert-OH is 1. The van der Waals surface area contributed by atoms with Crippen molar-refractivity contribution in [3.05, 3.63) is 53.6 Å². The summed E-state index contributed by atoms with van der Waals surface area (Å²) in [5, 5.41) is 12.0. The molecule has 0 saturated carbocycles. The molecule has 0 aliphatic rings. The third kappa shape index (κ3) is 4.87. The minimum absolute atomic E-state index is 0.104. The summed E-state index contributed by atoms with van der Waals surface area (Å²) in [5.74, 6) is 1.84. The molecule has 0 unspecified atom stereocenters. The van der Waals surface area contributed by atoms with E-state index in [-0.39, 0.29) is 6.61 Å². The first-order chi connectivity index (χ1) is 11.3. The van der Waals surface area contributed by atoms with Gasteiger partial charge >= 0.3 is 0 Å². The average Bonchev–Trinajstić information content (AvgIpc) is 2.60. The molecule has 0 aliphatic heterocycles. The first-order valence-electron chi connectivity index (χ1n) is 7.51. The summed E-state index contributed by atoms with van der Waals surface area (Å²) in [7, 11) is 3.21. The zero-order valence-electron chi connectivity index (χ0n) is 13.5. The fourth-order valence-electron chi connectivity index (χ4n) is 2.22. The van der Waals surface area contributed by atoms with Gasteiger partial charge in [0.2, 0.25) is 5.75 Å². The second-order valence-corrected chi connectivity index (χ2v) is 5.00. The highest BCUT2D eigenvalue weighted by Gasteiger charge is 2.14. The average molecular weight is 317 g/mol. The van der Waals surface area contributed by atoms with Gasteiger partial charge in [0.05, 0.1) is 20.8 Å². The Labute approximate surface area is 136 Å². The van der Waals surface area contributed by atoms with Crippen LogP contribution in [0.2, 0.25) is 0 Å². The molecule has 0 heterocycles. The quantitative estimate of drug-likeness (QED) is 0.695. The van der Waals surface area contributed by atoms with Crippen molar-refractivity contribution in [1.82, 2.24) is 5.32 Å². The molecule has 0 spiro atoms. The summed E-state index contributed by atoms with van der Waals surface area (Å²) < 4.78 is 16.8. The molecule has 0 atom stereocenters. The molecule has 0 bridgehead atoms. The van der Waals surface area contributed by atoms with E-state index in [1.165, 1.54) is 0 Å². The van der Waals surface area contributed by atoms with Gasteiger partial charge in [-0.25, -0.2) is 0 Å². The highest BCUT2D eigenvalue weighted by atomic mass is 16.5. The molecule has 0 aromatic heterocycles. The molecule has 2 aromatic carbocycles. The van der Waals surface area contributed by atoms with Crippen molar-refractivity contribution in [3.8, 4) is 17.2 Å². The van der Waals surface area contributed by atoms with Gasteiger partial charge in [-0.1, -0.05) is 30.3 Å². The number of aliphatic hydroxyl groups is 1. The molecule has 5 nitrogen and oxygen atoms in total. The molecule has 0 radical (unpaired) electrons. The lowest BCUT2D eigenvalue weighted by atomic mass is 10.1. The Kier molecular flexibility index (Phi) is 6.72. The molecule has 0 saturated heterocycles. The maximum absolute atomic E-state index is 8.84. The van der Waals surface area contributed by atoms with Crippen LogP contribution < -0.4 is 19.5 Å². The highest BCUT2D eigenvalue weighted by Crippen LogP contribution is 2.39. The van der Waals surface area contributed by atoms with Crippen LogP contribution in [-0.4, -0.2) is 32.5 Å². The van der Waals surface area contributed by atoms with Crippen LogP contribution in [0.5, 0.6) is 17.2 Å². The minimum Gasteiger partial charge on any atom is -0.493 e. The molecule has 5 heteroatoms. The Hall–Kier alpha value is -2.24. The van der Waals surface area contributed by atoms with Crippen molar-refractivity contribution < 1.29 is 19.3 Å². The van der Waals surface area contributed by atoms with Crippen molar-refractivity contribution >= 4 is 0 Å². The van der Waals surface area contributed by atoms with Crippen molar-refractivity contribution in [2.45, 2.75) is 13.2 Å². The topological polar surface area (TPSA) is 60.0 Å². The minimum atomic E-state index is 0.104. The molecule has 23 heavy (non-hydrogen) atoms. The van der Waals surface area contributed by atoms with Gasteiger partial charge < -0.3 is 24.6 Å². The Morgan fingerprint density at radius 1 is 0.957 bits per heavy atom. The van der Waals surface area contributed by atoms with Gasteiger partial charge in [-0.3, -0.25) is 0 Å². The lowest BCUT2D eigenvalue weighted by molar-refractivity contribution is 0.265. The first-order valence-corrected chi connectivity index (χ1v) is 7.51. The van der Waals surface area contributed by atoms with Gasteiger partial charge in [0.1, 0.15) is 6.61 Å². The van der Waals surface area contributed by atoms with Gasteiger partial charge in [-0.2, -0.15) is 0 Å². The van der Waals surface area contributed by atoms with E-state index >= 15 is 0 Å². The number of nitrogens with one attached hydrogen (secondary N) is 1. The maximum atomic E-state index is 8.84. The van der Waals surface area contributed by atoms with Gasteiger partial charge in [-0.15, -0.1) is 0 Å². The largest absolute Gasteiger partial charge is 0.493 e. The van der Waals surface area contributed by atoms with Crippen LogP contribution in [-0.2, 0) is 13.2 Å². The van der Waals surface area contributed by atoms with Crippen LogP contribution in [0.3, 0.4) is 0 Å². The van der Waals surface area contributed by atoms with Crippen molar-refractivity contribution in [2.24, 2.45) is 0 Å². The number of benzene rings is 2. The Morgan fingerprint density at radius 3 is 2.17 bits per heavy atom. The number of methoxy groups -OCH3 is 2. The van der Waals surface area contributed by atoms with E-state index in [0.29, 0.717) is 36.9 Å². The first kappa shape index (κ1) is 17.1. The van der Waals surface area contributed by atoms with Gasteiger partial charge in [-0.05, 0) is 23.3 Å². The van der Waals surface area contributed by atoms with E-state index in [2.05, 4.69) is 5.32 Å². The van der Waals surface area contributed by atoms with Crippen molar-refractivity contribution in [1.29, 1.82) is 0 Å². The highest BCUT2D eigenvalue weighted by molar-refractivity contribution is 5.54. The second kappa shape index (κ2) is 9.02. The van der Waals surface area contributed by atoms with Gasteiger partial charge in [0.25, 0.3) is 0 Å². The smallest absolute Gasteiger partial charge is 0.203 e. The van der Waals surface area contributed by atoms with Crippen LogP contribution in [0, 0.1) is 0 Å². The van der Waals surface area contributed by atoms with E-state index < -0.39 is 0 Å². The number of rotatable bonds is 9. The SMILES string of the molecule is COc1cc(CNCCO)cc(OC)c1OCc1ccccc1. The summed E-state index contributed by atoms with van der Waals surface area (Å²) in [4.78, 5) is 0. The maximum Gasteiger partial charge on any atom is 0.203 e. The molecule has 2 rings (SSSR count). The fraction of sp³-hybridized carbons (Fsp3) is 0.333. The summed E-state index contributed by atoms with van der Waals surface area (Å²) in [6.07, 6.45) is 0.